The van der Waals surface area contributed by atoms with Crippen LogP contribution in [0.2, 0.25) is 0 Å². The molecule has 0 aliphatic carbocycles. The van der Waals surface area contributed by atoms with Crippen molar-refractivity contribution in [1.82, 2.24) is 19.9 Å². The van der Waals surface area contributed by atoms with Crippen LogP contribution < -0.4 is 5.32 Å². The lowest BCUT2D eigenvalue weighted by Crippen LogP contribution is -2.32. The quantitative estimate of drug-likeness (QED) is 0.939. The lowest BCUT2D eigenvalue weighted by atomic mass is 9.95. The number of carbonyl (C=O) groups is 1. The molecule has 0 radical (unpaired) electrons. The highest BCUT2D eigenvalue weighted by molar-refractivity contribution is 5.92. The van der Waals surface area contributed by atoms with Gasteiger partial charge in [0.15, 0.2) is 5.82 Å². The fourth-order valence-electron chi connectivity index (χ4n) is 2.80. The van der Waals surface area contributed by atoms with Crippen LogP contribution in [0.25, 0.3) is 0 Å². The number of nitrogens with zero attached hydrogens (tertiary/aromatic N) is 3. The van der Waals surface area contributed by atoms with Gasteiger partial charge in [-0.15, -0.1) is 0 Å². The number of hydrogen-bond donors (Lipinski definition) is 1. The van der Waals surface area contributed by atoms with Crippen LogP contribution in [0.4, 0.5) is 0 Å². The third-order valence-corrected chi connectivity index (χ3v) is 4.28. The van der Waals surface area contributed by atoms with Crippen LogP contribution in [-0.2, 0) is 23.9 Å². The molecule has 2 aromatic heterocycles. The van der Waals surface area contributed by atoms with Crippen molar-refractivity contribution >= 4 is 5.91 Å². The van der Waals surface area contributed by atoms with Gasteiger partial charge in [-0.05, 0) is 38.3 Å². The molecule has 6 nitrogen and oxygen atoms in total. The summed E-state index contributed by atoms with van der Waals surface area (Å²) in [5.74, 6) is 0.610. The molecule has 3 heterocycles. The number of amides is 1. The van der Waals surface area contributed by atoms with Crippen LogP contribution >= 0.6 is 0 Å². The molecule has 3 rings (SSSR count). The van der Waals surface area contributed by atoms with Crippen molar-refractivity contribution in [2.24, 2.45) is 7.05 Å². The molecule has 1 saturated heterocycles. The minimum absolute atomic E-state index is 0.107. The molecule has 6 heteroatoms. The fourth-order valence-corrected chi connectivity index (χ4v) is 2.80. The third-order valence-electron chi connectivity index (χ3n) is 4.28. The monoisotopic (exact) mass is 314 g/mol. The molecule has 0 bridgehead atoms. The van der Waals surface area contributed by atoms with Crippen LogP contribution in [0.1, 0.15) is 48.1 Å². The first-order valence-corrected chi connectivity index (χ1v) is 7.93. The Morgan fingerprint density at radius 2 is 2.17 bits per heavy atom. The summed E-state index contributed by atoms with van der Waals surface area (Å²) >= 11 is 0. The Balaban J connectivity index is 1.61. The van der Waals surface area contributed by atoms with E-state index in [2.05, 4.69) is 15.3 Å². The summed E-state index contributed by atoms with van der Waals surface area (Å²) in [6.45, 7) is 3.20. The van der Waals surface area contributed by atoms with Gasteiger partial charge >= 0.3 is 0 Å². The number of nitrogens with one attached hydrogen (secondary N) is 1. The molecular formula is C17H22N4O2. The topological polar surface area (TPSA) is 69.0 Å². The molecule has 1 unspecified atom stereocenters. The molecule has 0 saturated carbocycles. The summed E-state index contributed by atoms with van der Waals surface area (Å²) in [6.07, 6.45) is 8.54. The van der Waals surface area contributed by atoms with Gasteiger partial charge in [-0.2, -0.15) is 0 Å². The van der Waals surface area contributed by atoms with Gasteiger partial charge in [0.25, 0.3) is 5.91 Å². The highest BCUT2D eigenvalue weighted by atomic mass is 16.5. The van der Waals surface area contributed by atoms with Crippen molar-refractivity contribution in [2.75, 3.05) is 6.61 Å². The summed E-state index contributed by atoms with van der Waals surface area (Å²) in [6, 6.07) is 3.63. The molecule has 2 aromatic rings. The van der Waals surface area contributed by atoms with E-state index in [4.69, 9.17) is 4.74 Å². The first kappa shape index (κ1) is 15.7. The third kappa shape index (κ3) is 3.42. The van der Waals surface area contributed by atoms with Gasteiger partial charge in [-0.3, -0.25) is 4.79 Å². The smallest absolute Gasteiger partial charge is 0.268 e. The second-order valence-electron chi connectivity index (χ2n) is 6.14. The Bertz CT molecular complexity index is 672. The Hall–Kier alpha value is -2.21. The van der Waals surface area contributed by atoms with E-state index in [9.17, 15) is 4.79 Å². The van der Waals surface area contributed by atoms with Gasteiger partial charge in [0.1, 0.15) is 11.3 Å². The summed E-state index contributed by atoms with van der Waals surface area (Å²) in [5.41, 5.74) is 1.12. The molecule has 1 N–H and O–H groups in total. The maximum atomic E-state index is 12.1. The van der Waals surface area contributed by atoms with Crippen molar-refractivity contribution in [3.05, 3.63) is 47.8 Å². The summed E-state index contributed by atoms with van der Waals surface area (Å²) < 4.78 is 7.64. The maximum absolute atomic E-state index is 12.1. The van der Waals surface area contributed by atoms with E-state index in [1.165, 1.54) is 0 Å². The molecular weight excluding hydrogens is 292 g/mol. The van der Waals surface area contributed by atoms with Crippen molar-refractivity contribution in [3.63, 3.8) is 0 Å². The largest absolute Gasteiger partial charge is 0.367 e. The number of rotatable bonds is 4. The van der Waals surface area contributed by atoms with Gasteiger partial charge in [-0.25, -0.2) is 9.97 Å². The van der Waals surface area contributed by atoms with Crippen molar-refractivity contribution < 1.29 is 9.53 Å². The fraction of sp³-hybridized carbons (Fsp3) is 0.471. The molecule has 1 fully saturated rings. The standard InChI is InChI=1S/C17H22N4O2/c1-17(7-3-4-9-23-17)16-19-11-13(12-20-16)10-18-15(22)14-6-5-8-21(14)2/h5-6,8,11-12H,3-4,7,9-10H2,1-2H3,(H,18,22). The zero-order valence-electron chi connectivity index (χ0n) is 13.6. The summed E-state index contributed by atoms with van der Waals surface area (Å²) in [7, 11) is 1.84. The molecule has 1 amide bonds. The van der Waals surface area contributed by atoms with Gasteiger partial charge in [0.2, 0.25) is 0 Å². The summed E-state index contributed by atoms with van der Waals surface area (Å²) in [4.78, 5) is 21.0. The first-order chi connectivity index (χ1) is 11.1. The van der Waals surface area contributed by atoms with Crippen molar-refractivity contribution in [1.29, 1.82) is 0 Å². The highest BCUT2D eigenvalue weighted by Crippen LogP contribution is 2.32. The number of aryl methyl sites for hydroxylation is 1. The number of ether oxygens (including phenoxy) is 1. The number of carbonyl (C=O) groups excluding carboxylic acids is 1. The normalized spacial score (nSPS) is 21.1. The second-order valence-corrected chi connectivity index (χ2v) is 6.14. The number of hydrogen-bond acceptors (Lipinski definition) is 4. The Morgan fingerprint density at radius 1 is 1.39 bits per heavy atom. The van der Waals surface area contributed by atoms with Gasteiger partial charge < -0.3 is 14.6 Å². The first-order valence-electron chi connectivity index (χ1n) is 7.93. The van der Waals surface area contributed by atoms with E-state index in [1.54, 1.807) is 23.0 Å². The zero-order chi connectivity index (χ0) is 16.3. The van der Waals surface area contributed by atoms with Crippen LogP contribution in [0.5, 0.6) is 0 Å². The number of aromatic nitrogens is 3. The van der Waals surface area contributed by atoms with Gasteiger partial charge in [-0.1, -0.05) is 0 Å². The Labute approximate surface area is 135 Å². The molecule has 0 spiro atoms. The second kappa shape index (κ2) is 6.50. The maximum Gasteiger partial charge on any atom is 0.268 e. The highest BCUT2D eigenvalue weighted by Gasteiger charge is 2.32. The van der Waals surface area contributed by atoms with Crippen LogP contribution in [0.15, 0.2) is 30.7 Å². The summed E-state index contributed by atoms with van der Waals surface area (Å²) in [5, 5.41) is 2.88. The van der Waals surface area contributed by atoms with E-state index >= 15 is 0 Å². The molecule has 0 aromatic carbocycles. The molecule has 1 atom stereocenters. The van der Waals surface area contributed by atoms with Crippen LogP contribution in [0.3, 0.4) is 0 Å². The van der Waals surface area contributed by atoms with Crippen molar-refractivity contribution in [2.45, 2.75) is 38.3 Å². The van der Waals surface area contributed by atoms with Crippen molar-refractivity contribution in [3.8, 4) is 0 Å². The van der Waals surface area contributed by atoms with Crippen LogP contribution in [0, 0.1) is 0 Å². The van der Waals surface area contributed by atoms with Crippen LogP contribution in [-0.4, -0.2) is 27.0 Å². The van der Waals surface area contributed by atoms with Gasteiger partial charge in [0.05, 0.1) is 0 Å². The molecule has 1 aliphatic heterocycles. The van der Waals surface area contributed by atoms with Gasteiger partial charge in [0, 0.05) is 44.4 Å². The minimum Gasteiger partial charge on any atom is -0.367 e. The lowest BCUT2D eigenvalue weighted by molar-refractivity contribution is -0.0760. The van der Waals surface area contributed by atoms with E-state index in [0.29, 0.717) is 12.2 Å². The van der Waals surface area contributed by atoms with E-state index in [0.717, 1.165) is 37.3 Å². The average Bonchev–Trinajstić information content (AvgIpc) is 3.00. The lowest BCUT2D eigenvalue weighted by Gasteiger charge is -2.32. The Kier molecular flexibility index (Phi) is 4.43. The predicted molar refractivity (Wildman–Crippen MR) is 85.8 cm³/mol. The molecule has 1 aliphatic rings. The predicted octanol–water partition coefficient (Wildman–Crippen LogP) is 2.16. The molecule has 23 heavy (non-hydrogen) atoms. The van der Waals surface area contributed by atoms with E-state index in [1.807, 2.05) is 26.2 Å². The SMILES string of the molecule is Cn1cccc1C(=O)NCc1cnc(C2(C)CCCCO2)nc1. The van der Waals surface area contributed by atoms with E-state index < -0.39 is 0 Å². The molecule has 122 valence electrons. The average molecular weight is 314 g/mol. The Morgan fingerprint density at radius 3 is 2.78 bits per heavy atom. The minimum atomic E-state index is -0.386. The van der Waals surface area contributed by atoms with E-state index in [-0.39, 0.29) is 11.5 Å². The zero-order valence-corrected chi connectivity index (χ0v) is 13.6.